The molecule has 1 aromatic carbocycles. The summed E-state index contributed by atoms with van der Waals surface area (Å²) in [7, 11) is 0. The van der Waals surface area contributed by atoms with Gasteiger partial charge in [-0.3, -0.25) is 0 Å². The predicted octanol–water partition coefficient (Wildman–Crippen LogP) is 1.05. The van der Waals surface area contributed by atoms with Crippen LogP contribution < -0.4 is 16.4 Å². The van der Waals surface area contributed by atoms with Gasteiger partial charge in [0.25, 0.3) is 0 Å². The van der Waals surface area contributed by atoms with Crippen molar-refractivity contribution in [3.63, 3.8) is 0 Å². The highest BCUT2D eigenvalue weighted by Crippen LogP contribution is 2.21. The molecule has 1 aliphatic rings. The van der Waals surface area contributed by atoms with Crippen molar-refractivity contribution in [1.29, 1.82) is 0 Å². The number of hydrogen-bond acceptors (Lipinski definition) is 3. The summed E-state index contributed by atoms with van der Waals surface area (Å²) >= 11 is 0. The maximum Gasteiger partial charge on any atom is 0.186 e. The van der Waals surface area contributed by atoms with Crippen LogP contribution in [0.15, 0.2) is 23.2 Å². The molecule has 19 heavy (non-hydrogen) atoms. The van der Waals surface area contributed by atoms with Crippen LogP contribution in [0.1, 0.15) is 5.56 Å². The van der Waals surface area contributed by atoms with Gasteiger partial charge in [-0.2, -0.15) is 0 Å². The van der Waals surface area contributed by atoms with Gasteiger partial charge in [-0.15, -0.1) is 24.0 Å². The number of ether oxygens (including phenoxy) is 1. The van der Waals surface area contributed by atoms with E-state index in [1.54, 1.807) is 6.07 Å². The van der Waals surface area contributed by atoms with Crippen LogP contribution in [0.25, 0.3) is 0 Å². The smallest absolute Gasteiger partial charge is 0.186 e. The monoisotopic (exact) mass is 380 g/mol. The van der Waals surface area contributed by atoms with Crippen LogP contribution in [0.5, 0.6) is 0 Å². The van der Waals surface area contributed by atoms with Crippen molar-refractivity contribution in [2.45, 2.75) is 6.54 Å². The van der Waals surface area contributed by atoms with E-state index in [0.29, 0.717) is 38.5 Å². The first-order valence-electron chi connectivity index (χ1n) is 5.83. The van der Waals surface area contributed by atoms with Gasteiger partial charge >= 0.3 is 0 Å². The number of rotatable bonds is 3. The van der Waals surface area contributed by atoms with Crippen LogP contribution in [-0.2, 0) is 11.3 Å². The molecule has 0 radical (unpaired) electrons. The zero-order valence-electron chi connectivity index (χ0n) is 10.5. The minimum Gasteiger partial charge on any atom is -0.378 e. The molecule has 0 amide bonds. The Hall–Kier alpha value is -1.09. The molecule has 0 bridgehead atoms. The van der Waals surface area contributed by atoms with Gasteiger partial charge in [-0.25, -0.2) is 9.38 Å². The summed E-state index contributed by atoms with van der Waals surface area (Å²) in [5.74, 6) is -0.243. The number of anilines is 1. The molecule has 1 fully saturated rings. The summed E-state index contributed by atoms with van der Waals surface area (Å²) in [5.41, 5.74) is 11.8. The topological polar surface area (TPSA) is 76.9 Å². The molecule has 0 unspecified atom stereocenters. The number of nitrogens with two attached hydrogens (primary N) is 2. The lowest BCUT2D eigenvalue weighted by atomic mass is 10.1. The van der Waals surface area contributed by atoms with Crippen LogP contribution in [0.4, 0.5) is 10.1 Å². The molecule has 5 nitrogen and oxygen atoms in total. The Morgan fingerprint density at radius 1 is 1.32 bits per heavy atom. The summed E-state index contributed by atoms with van der Waals surface area (Å²) < 4.78 is 19.2. The standard InChI is InChI=1S/C12H17FN4O.HI/c13-10-7-9(8-16-12(14)15)1-2-11(10)17-3-5-18-6-4-17;/h1-2,7H,3-6,8H2,(H4,14,15,16);1H. The number of nitrogens with zero attached hydrogens (tertiary/aromatic N) is 2. The Bertz CT molecular complexity index is 445. The zero-order valence-corrected chi connectivity index (χ0v) is 12.8. The van der Waals surface area contributed by atoms with Crippen molar-refractivity contribution < 1.29 is 9.13 Å². The SMILES string of the molecule is I.NC(N)=NCc1ccc(N2CCOCC2)c(F)c1. The third kappa shape index (κ3) is 4.50. The maximum atomic E-state index is 14.0. The van der Waals surface area contributed by atoms with Crippen LogP contribution >= 0.6 is 24.0 Å². The van der Waals surface area contributed by atoms with Crippen molar-refractivity contribution in [3.05, 3.63) is 29.6 Å². The summed E-state index contributed by atoms with van der Waals surface area (Å²) in [4.78, 5) is 5.83. The first kappa shape index (κ1) is 16.0. The van der Waals surface area contributed by atoms with Gasteiger partial charge in [0.1, 0.15) is 5.82 Å². The van der Waals surface area contributed by atoms with Crippen LogP contribution in [0.3, 0.4) is 0 Å². The molecule has 0 aromatic heterocycles. The first-order chi connectivity index (χ1) is 8.66. The molecule has 1 heterocycles. The van der Waals surface area contributed by atoms with Gasteiger partial charge in [-0.1, -0.05) is 6.07 Å². The average molecular weight is 380 g/mol. The molecule has 1 aliphatic heterocycles. The summed E-state index contributed by atoms with van der Waals surface area (Å²) in [6, 6.07) is 5.07. The van der Waals surface area contributed by atoms with Gasteiger partial charge in [-0.05, 0) is 17.7 Å². The number of morpholine rings is 1. The van der Waals surface area contributed by atoms with Crippen molar-refractivity contribution in [1.82, 2.24) is 0 Å². The maximum absolute atomic E-state index is 14.0. The van der Waals surface area contributed by atoms with Crippen LogP contribution in [0, 0.1) is 5.82 Å². The molecule has 7 heteroatoms. The van der Waals surface area contributed by atoms with E-state index in [4.69, 9.17) is 16.2 Å². The highest BCUT2D eigenvalue weighted by atomic mass is 127. The third-order valence-electron chi connectivity index (χ3n) is 2.81. The number of hydrogen-bond donors (Lipinski definition) is 2. The second-order valence-electron chi connectivity index (χ2n) is 4.13. The minimum absolute atomic E-state index is 0. The fraction of sp³-hybridized carbons (Fsp3) is 0.417. The lowest BCUT2D eigenvalue weighted by Crippen LogP contribution is -2.36. The van der Waals surface area contributed by atoms with Crippen LogP contribution in [-0.4, -0.2) is 32.3 Å². The zero-order chi connectivity index (χ0) is 13.0. The van der Waals surface area contributed by atoms with Gasteiger partial charge in [0.2, 0.25) is 0 Å². The summed E-state index contributed by atoms with van der Waals surface area (Å²) in [5, 5.41) is 0. The molecule has 106 valence electrons. The highest BCUT2D eigenvalue weighted by Gasteiger charge is 2.15. The van der Waals surface area contributed by atoms with E-state index < -0.39 is 0 Å². The molecule has 1 aromatic rings. The minimum atomic E-state index is -0.250. The van der Waals surface area contributed by atoms with E-state index in [-0.39, 0.29) is 35.8 Å². The Kier molecular flexibility index (Phi) is 6.29. The molecule has 4 N–H and O–H groups in total. The largest absolute Gasteiger partial charge is 0.378 e. The van der Waals surface area contributed by atoms with E-state index in [9.17, 15) is 4.39 Å². The number of aliphatic imine (C=N–C) groups is 1. The third-order valence-corrected chi connectivity index (χ3v) is 2.81. The van der Waals surface area contributed by atoms with E-state index in [1.807, 2.05) is 11.0 Å². The molecule has 0 spiro atoms. The summed E-state index contributed by atoms with van der Waals surface area (Å²) in [6.45, 7) is 2.99. The van der Waals surface area contributed by atoms with E-state index in [0.717, 1.165) is 5.56 Å². The second-order valence-corrected chi connectivity index (χ2v) is 4.13. The molecular formula is C12H18FIN4O. The molecule has 0 saturated carbocycles. The second kappa shape index (κ2) is 7.49. The number of halogens is 2. The Morgan fingerprint density at radius 3 is 2.58 bits per heavy atom. The van der Waals surface area contributed by atoms with E-state index in [2.05, 4.69) is 4.99 Å². The quantitative estimate of drug-likeness (QED) is 0.467. The molecule has 1 saturated heterocycles. The summed E-state index contributed by atoms with van der Waals surface area (Å²) in [6.07, 6.45) is 0. The average Bonchev–Trinajstić information content (AvgIpc) is 2.37. The molecule has 0 aliphatic carbocycles. The number of benzene rings is 1. The fourth-order valence-corrected chi connectivity index (χ4v) is 1.89. The first-order valence-corrected chi connectivity index (χ1v) is 5.83. The normalized spacial score (nSPS) is 14.7. The molecule has 0 atom stereocenters. The van der Waals surface area contributed by atoms with Gasteiger partial charge in [0.05, 0.1) is 25.4 Å². The highest BCUT2D eigenvalue weighted by molar-refractivity contribution is 14.0. The van der Waals surface area contributed by atoms with Crippen molar-refractivity contribution in [3.8, 4) is 0 Å². The lowest BCUT2D eigenvalue weighted by Gasteiger charge is -2.29. The van der Waals surface area contributed by atoms with Gasteiger partial charge in [0, 0.05) is 13.1 Å². The number of guanidine groups is 1. The Morgan fingerprint density at radius 2 is 2.00 bits per heavy atom. The van der Waals surface area contributed by atoms with Crippen molar-refractivity contribution in [2.24, 2.45) is 16.5 Å². The molecule has 2 rings (SSSR count). The van der Waals surface area contributed by atoms with E-state index >= 15 is 0 Å². The Balaban J connectivity index is 0.00000180. The van der Waals surface area contributed by atoms with Crippen molar-refractivity contribution in [2.75, 3.05) is 31.2 Å². The van der Waals surface area contributed by atoms with Gasteiger partial charge in [0.15, 0.2) is 5.96 Å². The Labute approximate surface area is 128 Å². The van der Waals surface area contributed by atoms with Crippen molar-refractivity contribution >= 4 is 35.6 Å². The fourth-order valence-electron chi connectivity index (χ4n) is 1.89. The van der Waals surface area contributed by atoms with E-state index in [1.165, 1.54) is 6.07 Å². The predicted molar refractivity (Wildman–Crippen MR) is 84.4 cm³/mol. The van der Waals surface area contributed by atoms with Gasteiger partial charge < -0.3 is 21.1 Å². The van der Waals surface area contributed by atoms with Crippen LogP contribution in [0.2, 0.25) is 0 Å². The molecular weight excluding hydrogens is 362 g/mol. The lowest BCUT2D eigenvalue weighted by molar-refractivity contribution is 0.122.